The Labute approximate surface area is 118 Å². The number of aliphatic carboxylic acids is 1. The molecule has 3 nitrogen and oxygen atoms in total. The Balaban J connectivity index is 2.30. The lowest BCUT2D eigenvalue weighted by Gasteiger charge is -2.13. The number of nitrogens with zero attached hydrogens (tertiary/aromatic N) is 1. The number of carbonyl (C=O) groups is 1. The summed E-state index contributed by atoms with van der Waals surface area (Å²) in [7, 11) is 0. The van der Waals surface area contributed by atoms with E-state index < -0.39 is 11.9 Å². The van der Waals surface area contributed by atoms with E-state index in [0.29, 0.717) is 6.42 Å². The third-order valence-corrected chi connectivity index (χ3v) is 4.31. The first-order chi connectivity index (χ1) is 8.58. The fourth-order valence-electron chi connectivity index (χ4n) is 1.79. The molecule has 0 radical (unpaired) electrons. The second-order valence-electron chi connectivity index (χ2n) is 3.96. The molecule has 0 bridgehead atoms. The predicted octanol–water partition coefficient (Wildman–Crippen LogP) is 3.62. The Bertz CT molecular complexity index is 568. The van der Waals surface area contributed by atoms with Gasteiger partial charge in [0.1, 0.15) is 0 Å². The summed E-state index contributed by atoms with van der Waals surface area (Å²) in [6.07, 6.45) is 2.23. The standard InChI is InChI=1S/C13H12BrNO2S/c1-8-15-7-9(18-8)6-11(13(16)17)10-4-2-3-5-12(10)14/h2-5,7,11H,6H2,1H3,(H,16,17). The van der Waals surface area contributed by atoms with E-state index in [9.17, 15) is 9.90 Å². The van der Waals surface area contributed by atoms with Crippen molar-refractivity contribution >= 4 is 33.2 Å². The molecule has 0 aliphatic carbocycles. The molecule has 0 saturated carbocycles. The summed E-state index contributed by atoms with van der Waals surface area (Å²) in [6, 6.07) is 7.44. The van der Waals surface area contributed by atoms with Crippen LogP contribution < -0.4 is 0 Å². The molecule has 2 aromatic rings. The summed E-state index contributed by atoms with van der Waals surface area (Å²) in [5.74, 6) is -1.35. The van der Waals surface area contributed by atoms with Gasteiger partial charge in [-0.3, -0.25) is 4.79 Å². The predicted molar refractivity (Wildman–Crippen MR) is 75.1 cm³/mol. The summed E-state index contributed by atoms with van der Waals surface area (Å²) in [6.45, 7) is 1.92. The largest absolute Gasteiger partial charge is 0.481 e. The van der Waals surface area contributed by atoms with Crippen molar-refractivity contribution in [3.63, 3.8) is 0 Å². The van der Waals surface area contributed by atoms with Crippen LogP contribution in [-0.2, 0) is 11.2 Å². The van der Waals surface area contributed by atoms with Crippen molar-refractivity contribution < 1.29 is 9.90 Å². The number of rotatable bonds is 4. The summed E-state index contributed by atoms with van der Waals surface area (Å²) in [4.78, 5) is 16.6. The third-order valence-electron chi connectivity index (χ3n) is 2.65. The molecule has 18 heavy (non-hydrogen) atoms. The van der Waals surface area contributed by atoms with Gasteiger partial charge in [-0.2, -0.15) is 0 Å². The number of hydrogen-bond acceptors (Lipinski definition) is 3. The molecule has 0 amide bonds. The second-order valence-corrected chi connectivity index (χ2v) is 6.14. The normalized spacial score (nSPS) is 12.3. The highest BCUT2D eigenvalue weighted by Crippen LogP contribution is 2.29. The van der Waals surface area contributed by atoms with Crippen molar-refractivity contribution in [3.05, 3.63) is 50.4 Å². The second kappa shape index (κ2) is 5.63. The van der Waals surface area contributed by atoms with E-state index in [1.54, 1.807) is 17.5 Å². The van der Waals surface area contributed by atoms with Crippen LogP contribution >= 0.6 is 27.3 Å². The van der Waals surface area contributed by atoms with E-state index in [0.717, 1.165) is 19.9 Å². The van der Waals surface area contributed by atoms with Gasteiger partial charge in [0.15, 0.2) is 0 Å². The quantitative estimate of drug-likeness (QED) is 0.933. The third kappa shape index (κ3) is 2.97. The summed E-state index contributed by atoms with van der Waals surface area (Å²) < 4.78 is 0.832. The van der Waals surface area contributed by atoms with Crippen LogP contribution in [0.15, 0.2) is 34.9 Å². The number of carboxylic acids is 1. The van der Waals surface area contributed by atoms with Gasteiger partial charge in [0.2, 0.25) is 0 Å². The molecule has 2 rings (SSSR count). The molecule has 0 fully saturated rings. The molecule has 1 unspecified atom stereocenters. The average molecular weight is 326 g/mol. The van der Waals surface area contributed by atoms with Crippen molar-refractivity contribution in [1.29, 1.82) is 0 Å². The summed E-state index contributed by atoms with van der Waals surface area (Å²) >= 11 is 4.95. The fourth-order valence-corrected chi connectivity index (χ4v) is 3.19. The maximum absolute atomic E-state index is 11.4. The molecular weight excluding hydrogens is 314 g/mol. The lowest BCUT2D eigenvalue weighted by molar-refractivity contribution is -0.138. The highest BCUT2D eigenvalue weighted by Gasteiger charge is 2.23. The van der Waals surface area contributed by atoms with Gasteiger partial charge in [0.05, 0.1) is 10.9 Å². The highest BCUT2D eigenvalue weighted by molar-refractivity contribution is 9.10. The molecule has 0 saturated heterocycles. The Hall–Kier alpha value is -1.20. The average Bonchev–Trinajstić information content (AvgIpc) is 2.73. The molecule has 1 N–H and O–H groups in total. The minimum Gasteiger partial charge on any atom is -0.481 e. The summed E-state index contributed by atoms with van der Waals surface area (Å²) in [5, 5.41) is 10.3. The topological polar surface area (TPSA) is 50.2 Å². The fraction of sp³-hybridized carbons (Fsp3) is 0.231. The smallest absolute Gasteiger partial charge is 0.311 e. The van der Waals surface area contributed by atoms with E-state index in [1.165, 1.54) is 0 Å². The lowest BCUT2D eigenvalue weighted by atomic mass is 9.95. The van der Waals surface area contributed by atoms with E-state index in [4.69, 9.17) is 0 Å². The first kappa shape index (κ1) is 13.2. The maximum Gasteiger partial charge on any atom is 0.311 e. The summed E-state index contributed by atoms with van der Waals surface area (Å²) in [5.41, 5.74) is 0.802. The molecule has 0 aliphatic heterocycles. The first-order valence-corrected chi connectivity index (χ1v) is 7.07. The van der Waals surface area contributed by atoms with Gasteiger partial charge in [0.25, 0.3) is 0 Å². The van der Waals surface area contributed by atoms with Gasteiger partial charge < -0.3 is 5.11 Å². The van der Waals surface area contributed by atoms with Crippen LogP contribution in [0.1, 0.15) is 21.4 Å². The van der Waals surface area contributed by atoms with E-state index in [2.05, 4.69) is 20.9 Å². The van der Waals surface area contributed by atoms with Gasteiger partial charge in [-0.1, -0.05) is 34.1 Å². The number of halogens is 1. The number of carboxylic acid groups (broad SMARTS) is 1. The van der Waals surface area contributed by atoms with Crippen LogP contribution in [0.4, 0.5) is 0 Å². The van der Waals surface area contributed by atoms with Gasteiger partial charge >= 0.3 is 5.97 Å². The zero-order chi connectivity index (χ0) is 13.1. The van der Waals surface area contributed by atoms with Crippen molar-refractivity contribution in [2.75, 3.05) is 0 Å². The Morgan fingerprint density at radius 3 is 2.78 bits per heavy atom. The molecule has 1 aromatic carbocycles. The number of thiazole rings is 1. The highest BCUT2D eigenvalue weighted by atomic mass is 79.9. The number of benzene rings is 1. The van der Waals surface area contributed by atoms with Gasteiger partial charge in [-0.25, -0.2) is 4.98 Å². The molecule has 1 heterocycles. The van der Waals surface area contributed by atoms with Crippen LogP contribution in [0.25, 0.3) is 0 Å². The first-order valence-electron chi connectivity index (χ1n) is 5.46. The van der Waals surface area contributed by atoms with E-state index in [-0.39, 0.29) is 0 Å². The van der Waals surface area contributed by atoms with Gasteiger partial charge in [-0.15, -0.1) is 11.3 Å². The Morgan fingerprint density at radius 1 is 1.50 bits per heavy atom. The molecule has 1 atom stereocenters. The SMILES string of the molecule is Cc1ncc(CC(C(=O)O)c2ccccc2Br)s1. The van der Waals surface area contributed by atoms with Crippen molar-refractivity contribution in [1.82, 2.24) is 4.98 Å². The van der Waals surface area contributed by atoms with Crippen molar-refractivity contribution in [3.8, 4) is 0 Å². The Morgan fingerprint density at radius 2 is 2.22 bits per heavy atom. The van der Waals surface area contributed by atoms with Gasteiger partial charge in [-0.05, 0) is 18.6 Å². The van der Waals surface area contributed by atoms with E-state index >= 15 is 0 Å². The van der Waals surface area contributed by atoms with Crippen LogP contribution in [-0.4, -0.2) is 16.1 Å². The van der Waals surface area contributed by atoms with Crippen LogP contribution in [0.3, 0.4) is 0 Å². The van der Waals surface area contributed by atoms with Crippen LogP contribution in [0.5, 0.6) is 0 Å². The van der Waals surface area contributed by atoms with Crippen molar-refractivity contribution in [2.45, 2.75) is 19.3 Å². The molecule has 0 aliphatic rings. The number of aryl methyl sites for hydroxylation is 1. The monoisotopic (exact) mass is 325 g/mol. The zero-order valence-corrected chi connectivity index (χ0v) is 12.2. The lowest BCUT2D eigenvalue weighted by Crippen LogP contribution is -2.14. The maximum atomic E-state index is 11.4. The minimum atomic E-state index is -0.812. The zero-order valence-electron chi connectivity index (χ0n) is 9.76. The van der Waals surface area contributed by atoms with Gasteiger partial charge in [0, 0.05) is 22.0 Å². The molecule has 94 valence electrons. The van der Waals surface area contributed by atoms with Crippen LogP contribution in [0.2, 0.25) is 0 Å². The van der Waals surface area contributed by atoms with E-state index in [1.807, 2.05) is 31.2 Å². The molecule has 5 heteroatoms. The molecule has 1 aromatic heterocycles. The van der Waals surface area contributed by atoms with Crippen LogP contribution in [0, 0.1) is 6.92 Å². The minimum absolute atomic E-state index is 0.476. The Kier molecular flexibility index (Phi) is 4.14. The molecular formula is C13H12BrNO2S. The number of hydrogen-bond donors (Lipinski definition) is 1. The van der Waals surface area contributed by atoms with Crippen molar-refractivity contribution in [2.24, 2.45) is 0 Å². The number of aromatic nitrogens is 1. The molecule has 0 spiro atoms.